The molecule has 5 nitrogen and oxygen atoms in total. The fourth-order valence-electron chi connectivity index (χ4n) is 3.20. The molecule has 0 spiro atoms. The first-order valence-electron chi connectivity index (χ1n) is 7.41. The van der Waals surface area contributed by atoms with E-state index in [1.165, 1.54) is 5.56 Å². The van der Waals surface area contributed by atoms with Crippen LogP contribution in [0, 0.1) is 0 Å². The lowest BCUT2D eigenvalue weighted by Crippen LogP contribution is -2.63. The van der Waals surface area contributed by atoms with Crippen molar-refractivity contribution < 1.29 is 9.59 Å². The van der Waals surface area contributed by atoms with E-state index in [2.05, 4.69) is 16.7 Å². The molecule has 1 aromatic rings. The number of rotatable bonds is 2. The minimum absolute atomic E-state index is 0.0540. The van der Waals surface area contributed by atoms with Crippen LogP contribution in [0.15, 0.2) is 24.3 Å². The summed E-state index contributed by atoms with van der Waals surface area (Å²) in [7, 11) is 0. The van der Waals surface area contributed by atoms with Crippen molar-refractivity contribution in [3.8, 4) is 0 Å². The van der Waals surface area contributed by atoms with Crippen LogP contribution in [0.5, 0.6) is 0 Å². The summed E-state index contributed by atoms with van der Waals surface area (Å²) in [6.45, 7) is 5.51. The second-order valence-corrected chi connectivity index (χ2v) is 6.23. The van der Waals surface area contributed by atoms with Crippen LogP contribution in [0.4, 0.5) is 5.69 Å². The maximum absolute atomic E-state index is 12.6. The Morgan fingerprint density at radius 2 is 2.10 bits per heavy atom. The largest absolute Gasteiger partial charge is 0.384 e. The summed E-state index contributed by atoms with van der Waals surface area (Å²) in [5.41, 5.74) is 1.55. The van der Waals surface area contributed by atoms with Gasteiger partial charge >= 0.3 is 0 Å². The van der Waals surface area contributed by atoms with Crippen LogP contribution < -0.4 is 10.6 Å². The molecule has 1 fully saturated rings. The number of hydrogen-bond donors (Lipinski definition) is 2. The highest BCUT2D eigenvalue weighted by Gasteiger charge is 2.41. The highest BCUT2D eigenvalue weighted by molar-refractivity contribution is 5.92. The molecule has 0 saturated carbocycles. The minimum Gasteiger partial charge on any atom is -0.384 e. The van der Waals surface area contributed by atoms with Gasteiger partial charge < -0.3 is 15.5 Å². The molecule has 1 aromatic carbocycles. The zero-order valence-electron chi connectivity index (χ0n) is 12.5. The van der Waals surface area contributed by atoms with E-state index in [0.29, 0.717) is 19.5 Å². The van der Waals surface area contributed by atoms with Crippen LogP contribution in [0.2, 0.25) is 0 Å². The van der Waals surface area contributed by atoms with E-state index in [1.54, 1.807) is 18.7 Å². The second-order valence-electron chi connectivity index (χ2n) is 6.23. The molecular weight excluding hydrogens is 266 g/mol. The number of nitrogens with one attached hydrogen (secondary N) is 2. The third kappa shape index (κ3) is 2.37. The molecule has 2 amide bonds. The summed E-state index contributed by atoms with van der Waals surface area (Å²) in [5, 5.41) is 6.16. The molecule has 1 atom stereocenters. The molecule has 1 unspecified atom stereocenters. The predicted molar refractivity (Wildman–Crippen MR) is 81.1 cm³/mol. The maximum Gasteiger partial charge on any atom is 0.245 e. The Morgan fingerprint density at radius 3 is 2.90 bits per heavy atom. The summed E-state index contributed by atoms with van der Waals surface area (Å²) in [6.07, 6.45) is 0.445. The summed E-state index contributed by atoms with van der Waals surface area (Å²) in [5.74, 6) is 0.167. The van der Waals surface area contributed by atoms with Crippen LogP contribution in [-0.2, 0) is 9.59 Å². The fourth-order valence-corrected chi connectivity index (χ4v) is 3.20. The van der Waals surface area contributed by atoms with Crippen molar-refractivity contribution in [3.63, 3.8) is 0 Å². The van der Waals surface area contributed by atoms with Crippen LogP contribution >= 0.6 is 0 Å². The predicted octanol–water partition coefficient (Wildman–Crippen LogP) is 1.32. The standard InChI is InChI=1S/C16H21N3O2/c1-16(2)15(21)17-7-8-19(16)14(20)9-11-10-18-13-6-4-3-5-12(11)13/h3-6,11,18H,7-10H2,1-2H3,(H,17,21). The third-order valence-electron chi connectivity index (χ3n) is 4.51. The van der Waals surface area contributed by atoms with Crippen molar-refractivity contribution in [1.29, 1.82) is 0 Å². The number of piperazine rings is 1. The lowest BCUT2D eigenvalue weighted by atomic mass is 9.94. The first-order chi connectivity index (χ1) is 10.00. The van der Waals surface area contributed by atoms with Gasteiger partial charge in [-0.25, -0.2) is 0 Å². The Bertz CT molecular complexity index is 583. The quantitative estimate of drug-likeness (QED) is 0.862. The lowest BCUT2D eigenvalue weighted by molar-refractivity contribution is -0.149. The number of carbonyl (C=O) groups is 2. The number of fused-ring (bicyclic) bond motifs is 1. The Kier molecular flexibility index (Phi) is 3.35. The van der Waals surface area contributed by atoms with Gasteiger partial charge in [0, 0.05) is 37.7 Å². The average molecular weight is 287 g/mol. The molecule has 0 radical (unpaired) electrons. The number of carbonyl (C=O) groups excluding carboxylic acids is 2. The average Bonchev–Trinajstić information content (AvgIpc) is 2.85. The van der Waals surface area contributed by atoms with Gasteiger partial charge in [-0.15, -0.1) is 0 Å². The summed E-state index contributed by atoms with van der Waals surface area (Å²) in [6, 6.07) is 8.11. The molecule has 2 aliphatic heterocycles. The second kappa shape index (κ2) is 5.06. The Hall–Kier alpha value is -2.04. The molecule has 2 aliphatic rings. The van der Waals surface area contributed by atoms with Crippen molar-refractivity contribution in [1.82, 2.24) is 10.2 Å². The zero-order valence-corrected chi connectivity index (χ0v) is 12.5. The molecule has 5 heteroatoms. The van der Waals surface area contributed by atoms with Gasteiger partial charge in [-0.3, -0.25) is 9.59 Å². The summed E-state index contributed by atoms with van der Waals surface area (Å²) >= 11 is 0. The monoisotopic (exact) mass is 287 g/mol. The van der Waals surface area contributed by atoms with E-state index in [9.17, 15) is 9.59 Å². The number of anilines is 1. The Morgan fingerprint density at radius 1 is 1.33 bits per heavy atom. The minimum atomic E-state index is -0.763. The molecule has 0 bridgehead atoms. The summed E-state index contributed by atoms with van der Waals surface area (Å²) in [4.78, 5) is 26.3. The van der Waals surface area contributed by atoms with E-state index in [4.69, 9.17) is 0 Å². The van der Waals surface area contributed by atoms with Crippen molar-refractivity contribution in [2.24, 2.45) is 0 Å². The molecule has 3 rings (SSSR count). The van der Waals surface area contributed by atoms with Gasteiger partial charge in [0.2, 0.25) is 11.8 Å². The van der Waals surface area contributed by atoms with Crippen LogP contribution in [-0.4, -0.2) is 41.9 Å². The molecule has 1 saturated heterocycles. The zero-order chi connectivity index (χ0) is 15.0. The van der Waals surface area contributed by atoms with E-state index in [1.807, 2.05) is 18.2 Å². The van der Waals surface area contributed by atoms with Gasteiger partial charge in [-0.1, -0.05) is 18.2 Å². The van der Waals surface area contributed by atoms with Crippen molar-refractivity contribution >= 4 is 17.5 Å². The van der Waals surface area contributed by atoms with Crippen molar-refractivity contribution in [2.45, 2.75) is 31.7 Å². The molecule has 2 heterocycles. The van der Waals surface area contributed by atoms with Crippen LogP contribution in [0.3, 0.4) is 0 Å². The number of hydrogen-bond acceptors (Lipinski definition) is 3. The molecule has 112 valence electrons. The number of para-hydroxylation sites is 1. The van der Waals surface area contributed by atoms with Crippen LogP contribution in [0.1, 0.15) is 31.7 Å². The Labute approximate surface area is 124 Å². The first-order valence-corrected chi connectivity index (χ1v) is 7.41. The molecule has 0 aliphatic carbocycles. The van der Waals surface area contributed by atoms with Crippen molar-refractivity contribution in [2.75, 3.05) is 25.0 Å². The SMILES string of the molecule is CC1(C)C(=O)NCCN1C(=O)CC1CNc2ccccc21. The van der Waals surface area contributed by atoms with E-state index in [-0.39, 0.29) is 17.7 Å². The van der Waals surface area contributed by atoms with Gasteiger partial charge in [0.15, 0.2) is 0 Å². The van der Waals surface area contributed by atoms with E-state index < -0.39 is 5.54 Å². The smallest absolute Gasteiger partial charge is 0.245 e. The highest BCUT2D eigenvalue weighted by atomic mass is 16.2. The first kappa shape index (κ1) is 13.9. The van der Waals surface area contributed by atoms with E-state index in [0.717, 1.165) is 12.2 Å². The van der Waals surface area contributed by atoms with Gasteiger partial charge in [0.1, 0.15) is 5.54 Å². The van der Waals surface area contributed by atoms with Gasteiger partial charge in [0.25, 0.3) is 0 Å². The summed E-state index contributed by atoms with van der Waals surface area (Å²) < 4.78 is 0. The van der Waals surface area contributed by atoms with Crippen LogP contribution in [0.25, 0.3) is 0 Å². The van der Waals surface area contributed by atoms with E-state index >= 15 is 0 Å². The van der Waals surface area contributed by atoms with Crippen molar-refractivity contribution in [3.05, 3.63) is 29.8 Å². The number of nitrogens with zero attached hydrogens (tertiary/aromatic N) is 1. The molecule has 0 aromatic heterocycles. The normalized spacial score (nSPS) is 23.2. The Balaban J connectivity index is 1.74. The highest BCUT2D eigenvalue weighted by Crippen LogP contribution is 2.34. The van der Waals surface area contributed by atoms with Gasteiger partial charge in [-0.2, -0.15) is 0 Å². The number of benzene rings is 1. The van der Waals surface area contributed by atoms with Gasteiger partial charge in [0.05, 0.1) is 0 Å². The molecule has 21 heavy (non-hydrogen) atoms. The topological polar surface area (TPSA) is 61.4 Å². The number of amides is 2. The lowest BCUT2D eigenvalue weighted by Gasteiger charge is -2.41. The van der Waals surface area contributed by atoms with Gasteiger partial charge in [-0.05, 0) is 25.5 Å². The third-order valence-corrected chi connectivity index (χ3v) is 4.51. The fraction of sp³-hybridized carbons (Fsp3) is 0.500. The molecular formula is C16H21N3O2. The maximum atomic E-state index is 12.6. The molecule has 2 N–H and O–H groups in total.